The van der Waals surface area contributed by atoms with Gasteiger partial charge in [0.1, 0.15) is 5.69 Å². The third-order valence-electron chi connectivity index (χ3n) is 4.07. The van der Waals surface area contributed by atoms with Crippen LogP contribution in [0, 0.1) is 0 Å². The van der Waals surface area contributed by atoms with Crippen molar-refractivity contribution < 1.29 is 9.90 Å². The minimum atomic E-state index is -1.14. The number of hydrogen-bond donors (Lipinski definition) is 2. The fourth-order valence-corrected chi connectivity index (χ4v) is 3.15. The van der Waals surface area contributed by atoms with Crippen LogP contribution in [-0.2, 0) is 0 Å². The summed E-state index contributed by atoms with van der Waals surface area (Å²) in [4.78, 5) is 27.5. The van der Waals surface area contributed by atoms with Gasteiger partial charge in [-0.15, -0.1) is 0 Å². The molecule has 0 aliphatic carbocycles. The number of nitrogens with zero attached hydrogens (tertiary/aromatic N) is 1. The first-order valence-corrected chi connectivity index (χ1v) is 7.88. The molecule has 1 fully saturated rings. The predicted octanol–water partition coefficient (Wildman–Crippen LogP) is 3.37. The van der Waals surface area contributed by atoms with E-state index >= 15 is 0 Å². The molecular weight excluding hydrogens is 339 g/mol. The van der Waals surface area contributed by atoms with Crippen LogP contribution in [0.5, 0.6) is 0 Å². The first-order chi connectivity index (χ1) is 11.0. The van der Waals surface area contributed by atoms with E-state index in [9.17, 15) is 9.59 Å². The zero-order valence-corrected chi connectivity index (χ0v) is 13.6. The lowest BCUT2D eigenvalue weighted by atomic mass is 10.00. The van der Waals surface area contributed by atoms with E-state index in [4.69, 9.17) is 28.3 Å². The third kappa shape index (κ3) is 3.21. The van der Waals surface area contributed by atoms with E-state index < -0.39 is 5.97 Å². The molecule has 5 nitrogen and oxygen atoms in total. The number of nitrogens with one attached hydrogen (secondary N) is 1. The molecule has 23 heavy (non-hydrogen) atoms. The van der Waals surface area contributed by atoms with Gasteiger partial charge in [0.15, 0.2) is 0 Å². The third-order valence-corrected chi connectivity index (χ3v) is 4.81. The molecular formula is C16H14Cl2N2O3. The first kappa shape index (κ1) is 15.9. The zero-order valence-electron chi connectivity index (χ0n) is 12.1. The van der Waals surface area contributed by atoms with E-state index in [1.165, 1.54) is 6.07 Å². The second kappa shape index (κ2) is 6.26. The standard InChI is InChI=1S/C16H14Cl2N2O3/c17-12-3-1-10(7-13(12)18)20-6-5-9(8-20)11-2-4-14(16(22)23)19-15(11)21/h1-4,7,9H,5-6,8H2,(H,19,21)(H,22,23). The van der Waals surface area contributed by atoms with Crippen molar-refractivity contribution in [3.8, 4) is 0 Å². The van der Waals surface area contributed by atoms with Gasteiger partial charge in [-0.2, -0.15) is 0 Å². The minimum absolute atomic E-state index is 0.0519. The number of carbonyl (C=O) groups is 1. The van der Waals surface area contributed by atoms with Gasteiger partial charge >= 0.3 is 5.97 Å². The van der Waals surface area contributed by atoms with Crippen molar-refractivity contribution in [2.75, 3.05) is 18.0 Å². The van der Waals surface area contributed by atoms with Crippen molar-refractivity contribution in [1.29, 1.82) is 0 Å². The fraction of sp³-hybridized carbons (Fsp3) is 0.250. The lowest BCUT2D eigenvalue weighted by Gasteiger charge is -2.19. The van der Waals surface area contributed by atoms with Crippen molar-refractivity contribution in [3.05, 3.63) is 62.0 Å². The van der Waals surface area contributed by atoms with Crippen molar-refractivity contribution in [1.82, 2.24) is 4.98 Å². The van der Waals surface area contributed by atoms with Crippen molar-refractivity contribution in [3.63, 3.8) is 0 Å². The van der Waals surface area contributed by atoms with Gasteiger partial charge < -0.3 is 15.0 Å². The molecule has 1 aromatic heterocycles. The molecule has 0 amide bonds. The Labute approximate surface area is 142 Å². The number of aromatic amines is 1. The second-order valence-electron chi connectivity index (χ2n) is 5.49. The minimum Gasteiger partial charge on any atom is -0.477 e. The van der Waals surface area contributed by atoms with E-state index in [2.05, 4.69) is 9.88 Å². The summed E-state index contributed by atoms with van der Waals surface area (Å²) >= 11 is 12.0. The van der Waals surface area contributed by atoms with Crippen molar-refractivity contribution >= 4 is 34.9 Å². The number of carboxylic acids is 1. The summed E-state index contributed by atoms with van der Waals surface area (Å²) in [6.45, 7) is 1.47. The van der Waals surface area contributed by atoms with Gasteiger partial charge in [-0.3, -0.25) is 4.79 Å². The summed E-state index contributed by atoms with van der Waals surface area (Å²) in [5.74, 6) is -1.09. The largest absolute Gasteiger partial charge is 0.477 e. The highest BCUT2D eigenvalue weighted by molar-refractivity contribution is 6.42. The van der Waals surface area contributed by atoms with Gasteiger partial charge in [0, 0.05) is 30.3 Å². The van der Waals surface area contributed by atoms with Gasteiger partial charge in [-0.25, -0.2) is 4.79 Å². The number of aromatic carboxylic acids is 1. The number of hydrogen-bond acceptors (Lipinski definition) is 3. The molecule has 7 heteroatoms. The van der Waals surface area contributed by atoms with Crippen molar-refractivity contribution in [2.24, 2.45) is 0 Å². The summed E-state index contributed by atoms with van der Waals surface area (Å²) in [7, 11) is 0. The van der Waals surface area contributed by atoms with Gasteiger partial charge in [0.2, 0.25) is 0 Å². The summed E-state index contributed by atoms with van der Waals surface area (Å²) in [6.07, 6.45) is 0.815. The average Bonchev–Trinajstić information content (AvgIpc) is 2.99. The van der Waals surface area contributed by atoms with E-state index in [0.29, 0.717) is 22.2 Å². The van der Waals surface area contributed by atoms with Crippen LogP contribution in [0.2, 0.25) is 10.0 Å². The number of pyridine rings is 1. The Morgan fingerprint density at radius 2 is 2.00 bits per heavy atom. The average molecular weight is 353 g/mol. The SMILES string of the molecule is O=C(O)c1ccc(C2CCN(c3ccc(Cl)c(Cl)c3)C2)c(=O)[nH]1. The molecule has 1 aliphatic heterocycles. The van der Waals surface area contributed by atoms with Crippen LogP contribution < -0.4 is 10.5 Å². The monoisotopic (exact) mass is 352 g/mol. The molecule has 120 valence electrons. The van der Waals surface area contributed by atoms with Crippen LogP contribution >= 0.6 is 23.2 Å². The fourth-order valence-electron chi connectivity index (χ4n) is 2.86. The molecule has 1 aliphatic rings. The Bertz CT molecular complexity index is 819. The van der Waals surface area contributed by atoms with Gasteiger partial charge in [-0.1, -0.05) is 29.3 Å². The van der Waals surface area contributed by atoms with E-state index in [-0.39, 0.29) is 17.2 Å². The number of rotatable bonds is 3. The predicted molar refractivity (Wildman–Crippen MR) is 90.1 cm³/mol. The molecule has 0 saturated carbocycles. The molecule has 0 radical (unpaired) electrons. The Morgan fingerprint density at radius 3 is 2.65 bits per heavy atom. The number of benzene rings is 1. The Hall–Kier alpha value is -1.98. The van der Waals surface area contributed by atoms with Gasteiger partial charge in [-0.05, 0) is 30.7 Å². The molecule has 0 bridgehead atoms. The highest BCUT2D eigenvalue weighted by Gasteiger charge is 2.26. The van der Waals surface area contributed by atoms with E-state index in [0.717, 1.165) is 18.7 Å². The maximum absolute atomic E-state index is 12.1. The number of aromatic nitrogens is 1. The van der Waals surface area contributed by atoms with Crippen LogP contribution in [0.4, 0.5) is 5.69 Å². The lowest BCUT2D eigenvalue weighted by Crippen LogP contribution is -2.23. The molecule has 0 spiro atoms. The number of carboxylic acid groups (broad SMARTS) is 1. The summed E-state index contributed by atoms with van der Waals surface area (Å²) in [5.41, 5.74) is 1.13. The normalized spacial score (nSPS) is 17.5. The summed E-state index contributed by atoms with van der Waals surface area (Å²) in [6, 6.07) is 8.49. The molecule has 1 saturated heterocycles. The smallest absolute Gasteiger partial charge is 0.352 e. The van der Waals surface area contributed by atoms with Crippen LogP contribution in [-0.4, -0.2) is 29.1 Å². The second-order valence-corrected chi connectivity index (χ2v) is 6.31. The van der Waals surface area contributed by atoms with Crippen LogP contribution in [0.3, 0.4) is 0 Å². The maximum Gasteiger partial charge on any atom is 0.352 e. The zero-order chi connectivity index (χ0) is 16.6. The number of H-pyrrole nitrogens is 1. The van der Waals surface area contributed by atoms with Crippen LogP contribution in [0.1, 0.15) is 28.4 Å². The van der Waals surface area contributed by atoms with Crippen molar-refractivity contribution in [2.45, 2.75) is 12.3 Å². The molecule has 3 rings (SSSR count). The van der Waals surface area contributed by atoms with E-state index in [1.807, 2.05) is 12.1 Å². The Balaban J connectivity index is 1.81. The molecule has 2 aromatic rings. The maximum atomic E-state index is 12.1. The van der Waals surface area contributed by atoms with Gasteiger partial charge in [0.05, 0.1) is 10.0 Å². The van der Waals surface area contributed by atoms with Crippen LogP contribution in [0.25, 0.3) is 0 Å². The number of anilines is 1. The molecule has 1 aromatic carbocycles. The molecule has 2 N–H and O–H groups in total. The topological polar surface area (TPSA) is 73.4 Å². The lowest BCUT2D eigenvalue weighted by molar-refractivity contribution is 0.0690. The quantitative estimate of drug-likeness (QED) is 0.887. The highest BCUT2D eigenvalue weighted by atomic mass is 35.5. The first-order valence-electron chi connectivity index (χ1n) is 7.12. The molecule has 2 heterocycles. The van der Waals surface area contributed by atoms with Gasteiger partial charge in [0.25, 0.3) is 5.56 Å². The summed E-state index contributed by atoms with van der Waals surface area (Å²) in [5, 5.41) is 9.91. The Morgan fingerprint density at radius 1 is 1.22 bits per heavy atom. The highest BCUT2D eigenvalue weighted by Crippen LogP contribution is 2.32. The van der Waals surface area contributed by atoms with E-state index in [1.54, 1.807) is 12.1 Å². The number of halogens is 2. The Kier molecular flexibility index (Phi) is 4.33. The summed E-state index contributed by atoms with van der Waals surface area (Å²) < 4.78 is 0. The molecule has 1 unspecified atom stereocenters. The molecule has 1 atom stereocenters. The van der Waals surface area contributed by atoms with Crippen LogP contribution in [0.15, 0.2) is 35.1 Å².